The van der Waals surface area contributed by atoms with Crippen molar-refractivity contribution in [3.8, 4) is 5.75 Å². The summed E-state index contributed by atoms with van der Waals surface area (Å²) in [4.78, 5) is 11.6. The average molecular weight is 296 g/mol. The van der Waals surface area contributed by atoms with Crippen molar-refractivity contribution in [1.82, 2.24) is 5.32 Å². The third kappa shape index (κ3) is 4.29. The van der Waals surface area contributed by atoms with Gasteiger partial charge in [-0.1, -0.05) is 11.6 Å². The molecule has 6 heteroatoms. The maximum Gasteiger partial charge on any atom is 0.258 e. The van der Waals surface area contributed by atoms with Gasteiger partial charge in [0.25, 0.3) is 5.91 Å². The topological polar surface area (TPSA) is 71.7 Å². The van der Waals surface area contributed by atoms with E-state index in [1.807, 2.05) is 0 Å². The van der Waals surface area contributed by atoms with Gasteiger partial charge < -0.3 is 19.6 Å². The molecule has 5 nitrogen and oxygen atoms in total. The molecule has 1 amide bonds. The molecule has 20 heavy (non-hydrogen) atoms. The second kappa shape index (κ2) is 6.98. The second-order valence-corrected chi connectivity index (χ2v) is 4.56. The highest BCUT2D eigenvalue weighted by molar-refractivity contribution is 6.30. The maximum atomic E-state index is 11.6. The molecule has 0 radical (unpaired) electrons. The standard InChI is InChI=1S/C14H14ClNO4/c15-11-1-3-12(4-2-11)20-9-14(18)16-7-13(17)10-5-6-19-8-10/h1-6,8,13,17H,7,9H2,(H,16,18)/t13-/m1/s1. The van der Waals surface area contributed by atoms with E-state index in [0.29, 0.717) is 16.3 Å². The molecule has 1 aromatic heterocycles. The molecule has 1 heterocycles. The molecule has 0 saturated heterocycles. The van der Waals surface area contributed by atoms with Gasteiger partial charge in [-0.05, 0) is 30.3 Å². The van der Waals surface area contributed by atoms with E-state index < -0.39 is 6.10 Å². The van der Waals surface area contributed by atoms with Gasteiger partial charge in [0.05, 0.1) is 18.6 Å². The molecule has 0 aliphatic heterocycles. The minimum atomic E-state index is -0.798. The minimum Gasteiger partial charge on any atom is -0.484 e. The largest absolute Gasteiger partial charge is 0.484 e. The van der Waals surface area contributed by atoms with E-state index in [-0.39, 0.29) is 19.1 Å². The van der Waals surface area contributed by atoms with Gasteiger partial charge in [-0.2, -0.15) is 0 Å². The van der Waals surface area contributed by atoms with E-state index in [1.165, 1.54) is 12.5 Å². The highest BCUT2D eigenvalue weighted by Crippen LogP contribution is 2.15. The van der Waals surface area contributed by atoms with Crippen LogP contribution in [0.25, 0.3) is 0 Å². The van der Waals surface area contributed by atoms with Crippen LogP contribution in [-0.4, -0.2) is 24.2 Å². The monoisotopic (exact) mass is 295 g/mol. The number of carbonyl (C=O) groups excluding carboxylic acids is 1. The van der Waals surface area contributed by atoms with Gasteiger partial charge >= 0.3 is 0 Å². The lowest BCUT2D eigenvalue weighted by atomic mass is 10.2. The lowest BCUT2D eigenvalue weighted by Gasteiger charge is -2.10. The molecule has 0 saturated carbocycles. The Morgan fingerprint density at radius 2 is 2.10 bits per heavy atom. The summed E-state index contributed by atoms with van der Waals surface area (Å²) in [5.41, 5.74) is 0.615. The summed E-state index contributed by atoms with van der Waals surface area (Å²) in [5, 5.41) is 12.9. The van der Waals surface area contributed by atoms with Crippen molar-refractivity contribution >= 4 is 17.5 Å². The third-order valence-electron chi connectivity index (χ3n) is 2.60. The van der Waals surface area contributed by atoms with Gasteiger partial charge in [-0.25, -0.2) is 0 Å². The molecule has 0 aliphatic carbocycles. The number of amides is 1. The average Bonchev–Trinajstić information content (AvgIpc) is 2.98. The van der Waals surface area contributed by atoms with Crippen molar-refractivity contribution < 1.29 is 19.1 Å². The zero-order chi connectivity index (χ0) is 14.4. The number of halogens is 1. The first-order chi connectivity index (χ1) is 9.65. The molecule has 2 rings (SSSR count). The van der Waals surface area contributed by atoms with Crippen molar-refractivity contribution in [3.05, 3.63) is 53.4 Å². The molecule has 1 aromatic carbocycles. The Kier molecular flexibility index (Phi) is 5.03. The summed E-state index contributed by atoms with van der Waals surface area (Å²) in [7, 11) is 0. The second-order valence-electron chi connectivity index (χ2n) is 4.12. The molecule has 0 bridgehead atoms. The fourth-order valence-electron chi connectivity index (χ4n) is 1.52. The number of hydrogen-bond acceptors (Lipinski definition) is 4. The van der Waals surface area contributed by atoms with Crippen LogP contribution < -0.4 is 10.1 Å². The van der Waals surface area contributed by atoms with Crippen molar-refractivity contribution in [2.45, 2.75) is 6.10 Å². The maximum absolute atomic E-state index is 11.6. The van der Waals surface area contributed by atoms with Crippen LogP contribution in [0.3, 0.4) is 0 Å². The lowest BCUT2D eigenvalue weighted by Crippen LogP contribution is -2.32. The number of furan rings is 1. The van der Waals surface area contributed by atoms with Crippen LogP contribution >= 0.6 is 11.6 Å². The molecule has 1 atom stereocenters. The molecule has 0 spiro atoms. The predicted octanol–water partition coefficient (Wildman–Crippen LogP) is 2.16. The summed E-state index contributed by atoms with van der Waals surface area (Å²) in [6.07, 6.45) is 2.10. The Morgan fingerprint density at radius 3 is 2.75 bits per heavy atom. The van der Waals surface area contributed by atoms with Crippen LogP contribution in [0.4, 0.5) is 0 Å². The van der Waals surface area contributed by atoms with Gasteiger partial charge in [0, 0.05) is 17.1 Å². The zero-order valence-electron chi connectivity index (χ0n) is 10.6. The van der Waals surface area contributed by atoms with E-state index in [4.69, 9.17) is 20.8 Å². The highest BCUT2D eigenvalue weighted by Gasteiger charge is 2.10. The van der Waals surface area contributed by atoms with Crippen LogP contribution in [0.2, 0.25) is 5.02 Å². The number of carbonyl (C=O) groups is 1. The van der Waals surface area contributed by atoms with Crippen LogP contribution in [0.5, 0.6) is 5.75 Å². The SMILES string of the molecule is O=C(COc1ccc(Cl)cc1)NC[C@@H](O)c1ccoc1. The normalized spacial score (nSPS) is 11.9. The molecule has 106 valence electrons. The van der Waals surface area contributed by atoms with Crippen LogP contribution in [-0.2, 0) is 4.79 Å². The molecule has 2 N–H and O–H groups in total. The van der Waals surface area contributed by atoms with Crippen LogP contribution in [0, 0.1) is 0 Å². The first kappa shape index (κ1) is 14.4. The van der Waals surface area contributed by atoms with Crippen LogP contribution in [0.15, 0.2) is 47.3 Å². The number of aliphatic hydroxyl groups is 1. The van der Waals surface area contributed by atoms with Crippen molar-refractivity contribution in [3.63, 3.8) is 0 Å². The van der Waals surface area contributed by atoms with Gasteiger partial charge in [0.15, 0.2) is 6.61 Å². The summed E-state index contributed by atoms with van der Waals surface area (Å²) < 4.78 is 10.1. The molecule has 0 fully saturated rings. The summed E-state index contributed by atoms with van der Waals surface area (Å²) >= 11 is 5.74. The van der Waals surface area contributed by atoms with E-state index in [1.54, 1.807) is 30.3 Å². The Labute approximate surface area is 121 Å². The van der Waals surface area contributed by atoms with Gasteiger partial charge in [0.2, 0.25) is 0 Å². The van der Waals surface area contributed by atoms with E-state index >= 15 is 0 Å². The number of benzene rings is 1. The van der Waals surface area contributed by atoms with Gasteiger partial charge in [-0.3, -0.25) is 4.79 Å². The van der Waals surface area contributed by atoms with E-state index in [0.717, 1.165) is 0 Å². The quantitative estimate of drug-likeness (QED) is 0.856. The number of ether oxygens (including phenoxy) is 1. The number of aliphatic hydroxyl groups excluding tert-OH is 1. The highest BCUT2D eigenvalue weighted by atomic mass is 35.5. The summed E-state index contributed by atoms with van der Waals surface area (Å²) in [5.74, 6) is 0.238. The van der Waals surface area contributed by atoms with E-state index in [2.05, 4.69) is 5.32 Å². The lowest BCUT2D eigenvalue weighted by molar-refractivity contribution is -0.123. The van der Waals surface area contributed by atoms with Crippen molar-refractivity contribution in [1.29, 1.82) is 0 Å². The summed E-state index contributed by atoms with van der Waals surface area (Å²) in [6, 6.07) is 8.35. The first-order valence-corrected chi connectivity index (χ1v) is 6.38. The smallest absolute Gasteiger partial charge is 0.258 e. The Bertz CT molecular complexity index is 539. The zero-order valence-corrected chi connectivity index (χ0v) is 11.3. The van der Waals surface area contributed by atoms with Crippen molar-refractivity contribution in [2.75, 3.05) is 13.2 Å². The Balaban J connectivity index is 1.71. The molecule has 2 aromatic rings. The van der Waals surface area contributed by atoms with Gasteiger partial charge in [0.1, 0.15) is 5.75 Å². The van der Waals surface area contributed by atoms with Crippen LogP contribution in [0.1, 0.15) is 11.7 Å². The third-order valence-corrected chi connectivity index (χ3v) is 2.86. The minimum absolute atomic E-state index is 0.0995. The van der Waals surface area contributed by atoms with E-state index in [9.17, 15) is 9.90 Å². The Hall–Kier alpha value is -1.98. The Morgan fingerprint density at radius 1 is 1.35 bits per heavy atom. The molecule has 0 unspecified atom stereocenters. The molecular weight excluding hydrogens is 282 g/mol. The fourth-order valence-corrected chi connectivity index (χ4v) is 1.65. The van der Waals surface area contributed by atoms with Crippen molar-refractivity contribution in [2.24, 2.45) is 0 Å². The fraction of sp³-hybridized carbons (Fsp3) is 0.214. The first-order valence-electron chi connectivity index (χ1n) is 6.00. The molecular formula is C14H14ClNO4. The predicted molar refractivity (Wildman–Crippen MR) is 73.6 cm³/mol. The number of rotatable bonds is 6. The van der Waals surface area contributed by atoms with Gasteiger partial charge in [-0.15, -0.1) is 0 Å². The number of nitrogens with one attached hydrogen (secondary N) is 1. The number of hydrogen-bond donors (Lipinski definition) is 2. The molecule has 0 aliphatic rings. The summed E-state index contributed by atoms with van der Waals surface area (Å²) in [6.45, 7) is -0.0257.